The molecular weight excluding hydrogens is 200 g/mol. The number of rotatable bonds is 4. The third-order valence-electron chi connectivity index (χ3n) is 2.66. The van der Waals surface area contributed by atoms with Crippen LogP contribution in [0.15, 0.2) is 42.7 Å². The molecule has 0 aliphatic carbocycles. The molecule has 0 bridgehead atoms. The monoisotopic (exact) mass is 216 g/mol. The molecule has 0 amide bonds. The third-order valence-corrected chi connectivity index (χ3v) is 2.66. The van der Waals surface area contributed by atoms with E-state index in [-0.39, 0.29) is 6.10 Å². The smallest absolute Gasteiger partial charge is 0.137 e. The molecule has 1 aromatic carbocycles. The molecule has 84 valence electrons. The molecule has 0 fully saturated rings. The van der Waals surface area contributed by atoms with Crippen LogP contribution in [-0.2, 0) is 11.3 Å². The normalized spacial score (nSPS) is 12.6. The Hall–Kier alpha value is -1.61. The zero-order valence-electron chi connectivity index (χ0n) is 9.63. The largest absolute Gasteiger partial charge is 0.374 e. The number of aromatic nitrogens is 2. The summed E-state index contributed by atoms with van der Waals surface area (Å²) in [6, 6.07) is 10.3. The van der Waals surface area contributed by atoms with Gasteiger partial charge >= 0.3 is 0 Å². The number of nitrogens with zero attached hydrogens (tertiary/aromatic N) is 2. The van der Waals surface area contributed by atoms with Crippen LogP contribution in [0.1, 0.15) is 24.4 Å². The lowest BCUT2D eigenvalue weighted by molar-refractivity contribution is 0.109. The van der Waals surface area contributed by atoms with Crippen LogP contribution in [-0.4, -0.2) is 16.7 Å². The van der Waals surface area contributed by atoms with Gasteiger partial charge in [-0.15, -0.1) is 0 Å². The number of hydrogen-bond donors (Lipinski definition) is 0. The number of methoxy groups -OCH3 is 1. The van der Waals surface area contributed by atoms with Crippen molar-refractivity contribution in [3.05, 3.63) is 54.1 Å². The molecule has 1 aromatic heterocycles. The first-order valence-electron chi connectivity index (χ1n) is 5.39. The molecule has 0 radical (unpaired) electrons. The predicted octanol–water partition coefficient (Wildman–Crippen LogP) is 2.64. The topological polar surface area (TPSA) is 27.1 Å². The van der Waals surface area contributed by atoms with Gasteiger partial charge in [0.2, 0.25) is 0 Å². The molecule has 1 unspecified atom stereocenters. The second-order valence-electron chi connectivity index (χ2n) is 3.78. The minimum atomic E-state index is 0.0266. The molecule has 1 atom stereocenters. The number of hydrogen-bond acceptors (Lipinski definition) is 2. The fourth-order valence-corrected chi connectivity index (χ4v) is 1.70. The SMILES string of the molecule is COC(C)c1nccn1Cc1ccccc1. The average Bonchev–Trinajstić information content (AvgIpc) is 2.77. The Labute approximate surface area is 95.7 Å². The van der Waals surface area contributed by atoms with Crippen molar-refractivity contribution in [2.75, 3.05) is 7.11 Å². The highest BCUT2D eigenvalue weighted by Gasteiger charge is 2.10. The number of imidazole rings is 1. The summed E-state index contributed by atoms with van der Waals surface area (Å²) in [5.41, 5.74) is 1.27. The van der Waals surface area contributed by atoms with Gasteiger partial charge in [0.25, 0.3) is 0 Å². The van der Waals surface area contributed by atoms with Gasteiger partial charge in [-0.05, 0) is 12.5 Å². The molecule has 16 heavy (non-hydrogen) atoms. The Balaban J connectivity index is 2.19. The highest BCUT2D eigenvalue weighted by atomic mass is 16.5. The van der Waals surface area contributed by atoms with E-state index in [2.05, 4.69) is 21.7 Å². The Morgan fingerprint density at radius 2 is 2.06 bits per heavy atom. The second kappa shape index (κ2) is 4.94. The summed E-state index contributed by atoms with van der Waals surface area (Å²) < 4.78 is 7.40. The predicted molar refractivity (Wildman–Crippen MR) is 63.2 cm³/mol. The van der Waals surface area contributed by atoms with Crippen molar-refractivity contribution in [1.29, 1.82) is 0 Å². The first-order valence-corrected chi connectivity index (χ1v) is 5.39. The molecule has 0 saturated carbocycles. The van der Waals surface area contributed by atoms with E-state index in [9.17, 15) is 0 Å². The second-order valence-corrected chi connectivity index (χ2v) is 3.78. The van der Waals surface area contributed by atoms with Crippen molar-refractivity contribution >= 4 is 0 Å². The summed E-state index contributed by atoms with van der Waals surface area (Å²) in [6.07, 6.45) is 3.82. The minimum absolute atomic E-state index is 0.0266. The van der Waals surface area contributed by atoms with E-state index in [4.69, 9.17) is 4.74 Å². The maximum atomic E-state index is 5.29. The first-order chi connectivity index (χ1) is 7.81. The van der Waals surface area contributed by atoms with Crippen LogP contribution in [0.5, 0.6) is 0 Å². The van der Waals surface area contributed by atoms with Crippen molar-refractivity contribution in [3.63, 3.8) is 0 Å². The van der Waals surface area contributed by atoms with E-state index in [1.54, 1.807) is 7.11 Å². The van der Waals surface area contributed by atoms with Crippen molar-refractivity contribution in [1.82, 2.24) is 9.55 Å². The number of benzene rings is 1. The standard InChI is InChI=1S/C13H16N2O/c1-11(16-2)13-14-8-9-15(13)10-12-6-4-3-5-7-12/h3-9,11H,10H2,1-2H3. The molecule has 3 heteroatoms. The first kappa shape index (κ1) is 10.9. The minimum Gasteiger partial charge on any atom is -0.374 e. The Kier molecular flexibility index (Phi) is 3.37. The van der Waals surface area contributed by atoms with Gasteiger partial charge in [0, 0.05) is 26.0 Å². The van der Waals surface area contributed by atoms with Crippen LogP contribution in [0.3, 0.4) is 0 Å². The van der Waals surface area contributed by atoms with Crippen LogP contribution in [0.25, 0.3) is 0 Å². The van der Waals surface area contributed by atoms with Gasteiger partial charge in [0.05, 0.1) is 0 Å². The number of ether oxygens (including phenoxy) is 1. The van der Waals surface area contributed by atoms with Gasteiger partial charge < -0.3 is 9.30 Å². The lowest BCUT2D eigenvalue weighted by Gasteiger charge is -2.12. The quantitative estimate of drug-likeness (QED) is 0.785. The fourth-order valence-electron chi connectivity index (χ4n) is 1.70. The maximum absolute atomic E-state index is 5.29. The fraction of sp³-hybridized carbons (Fsp3) is 0.308. The van der Waals surface area contributed by atoms with E-state index in [1.165, 1.54) is 5.56 Å². The van der Waals surface area contributed by atoms with Crippen LogP contribution in [0, 0.1) is 0 Å². The summed E-state index contributed by atoms with van der Waals surface area (Å²) in [7, 11) is 1.70. The van der Waals surface area contributed by atoms with Gasteiger partial charge in [0.1, 0.15) is 11.9 Å². The van der Waals surface area contributed by atoms with Crippen LogP contribution < -0.4 is 0 Å². The summed E-state index contributed by atoms with van der Waals surface area (Å²) in [5, 5.41) is 0. The van der Waals surface area contributed by atoms with Crippen molar-refractivity contribution < 1.29 is 4.74 Å². The highest BCUT2D eigenvalue weighted by Crippen LogP contribution is 2.14. The molecule has 3 nitrogen and oxygen atoms in total. The van der Waals surface area contributed by atoms with Crippen molar-refractivity contribution in [2.24, 2.45) is 0 Å². The Morgan fingerprint density at radius 1 is 1.31 bits per heavy atom. The summed E-state index contributed by atoms with van der Waals surface area (Å²) in [5.74, 6) is 0.964. The van der Waals surface area contributed by atoms with Crippen LogP contribution >= 0.6 is 0 Å². The van der Waals surface area contributed by atoms with E-state index >= 15 is 0 Å². The molecule has 0 N–H and O–H groups in total. The van der Waals surface area contributed by atoms with E-state index in [1.807, 2.05) is 37.5 Å². The van der Waals surface area contributed by atoms with E-state index < -0.39 is 0 Å². The Bertz CT molecular complexity index is 436. The molecule has 0 spiro atoms. The van der Waals surface area contributed by atoms with Gasteiger partial charge in [-0.2, -0.15) is 0 Å². The molecule has 2 aromatic rings. The van der Waals surface area contributed by atoms with Gasteiger partial charge in [-0.1, -0.05) is 30.3 Å². The molecule has 1 heterocycles. The molecule has 0 aliphatic heterocycles. The van der Waals surface area contributed by atoms with Crippen molar-refractivity contribution in [3.8, 4) is 0 Å². The summed E-state index contributed by atoms with van der Waals surface area (Å²) >= 11 is 0. The molecule has 0 aliphatic rings. The summed E-state index contributed by atoms with van der Waals surface area (Å²) in [6.45, 7) is 2.84. The van der Waals surface area contributed by atoms with E-state index in [0.29, 0.717) is 0 Å². The highest BCUT2D eigenvalue weighted by molar-refractivity contribution is 5.16. The summed E-state index contributed by atoms with van der Waals surface area (Å²) in [4.78, 5) is 4.32. The van der Waals surface area contributed by atoms with E-state index in [0.717, 1.165) is 12.4 Å². The molecular formula is C13H16N2O. The third kappa shape index (κ3) is 2.31. The molecule has 2 rings (SSSR count). The zero-order valence-corrected chi connectivity index (χ0v) is 9.63. The van der Waals surface area contributed by atoms with Crippen molar-refractivity contribution in [2.45, 2.75) is 19.6 Å². The van der Waals surface area contributed by atoms with Crippen LogP contribution in [0.4, 0.5) is 0 Å². The average molecular weight is 216 g/mol. The van der Waals surface area contributed by atoms with Gasteiger partial charge in [-0.25, -0.2) is 4.98 Å². The lowest BCUT2D eigenvalue weighted by Crippen LogP contribution is -2.08. The maximum Gasteiger partial charge on any atom is 0.137 e. The van der Waals surface area contributed by atoms with Crippen LogP contribution in [0.2, 0.25) is 0 Å². The Morgan fingerprint density at radius 3 is 2.75 bits per heavy atom. The molecule has 0 saturated heterocycles. The van der Waals surface area contributed by atoms with Gasteiger partial charge in [0.15, 0.2) is 0 Å². The van der Waals surface area contributed by atoms with Gasteiger partial charge in [-0.3, -0.25) is 0 Å². The zero-order chi connectivity index (χ0) is 11.4. The lowest BCUT2D eigenvalue weighted by atomic mass is 10.2.